The Morgan fingerprint density at radius 3 is 2.79 bits per heavy atom. The van der Waals surface area contributed by atoms with Gasteiger partial charge in [-0.3, -0.25) is 0 Å². The summed E-state index contributed by atoms with van der Waals surface area (Å²) in [6, 6.07) is 3.96. The van der Waals surface area contributed by atoms with Crippen LogP contribution in [0.15, 0.2) is 12.1 Å². The van der Waals surface area contributed by atoms with Gasteiger partial charge in [-0.25, -0.2) is 4.39 Å². The number of benzene rings is 1. The van der Waals surface area contributed by atoms with Crippen molar-refractivity contribution in [2.24, 2.45) is 0 Å². The average molecular weight is 193 g/mol. The zero-order valence-electron chi connectivity index (χ0n) is 8.73. The third-order valence-corrected chi connectivity index (χ3v) is 3.12. The number of hydrogen-bond donors (Lipinski definition) is 1. The Hall–Kier alpha value is -0.890. The molecule has 1 aliphatic heterocycles. The van der Waals surface area contributed by atoms with Crippen molar-refractivity contribution in [1.29, 1.82) is 0 Å². The van der Waals surface area contributed by atoms with Crippen LogP contribution in [0.3, 0.4) is 0 Å². The zero-order valence-corrected chi connectivity index (χ0v) is 8.73. The maximum absolute atomic E-state index is 13.6. The van der Waals surface area contributed by atoms with Crippen LogP contribution in [-0.2, 0) is 0 Å². The summed E-state index contributed by atoms with van der Waals surface area (Å²) in [5.41, 5.74) is 2.76. The molecule has 0 radical (unpaired) electrons. The molecule has 2 rings (SSSR count). The van der Waals surface area contributed by atoms with Gasteiger partial charge in [0.05, 0.1) is 0 Å². The van der Waals surface area contributed by atoms with E-state index in [0.717, 1.165) is 30.6 Å². The summed E-state index contributed by atoms with van der Waals surface area (Å²) in [4.78, 5) is 0. The molecule has 0 aromatic heterocycles. The van der Waals surface area contributed by atoms with Gasteiger partial charge in [-0.2, -0.15) is 0 Å². The summed E-state index contributed by atoms with van der Waals surface area (Å²) < 4.78 is 13.6. The number of nitrogens with one attached hydrogen (secondary N) is 1. The largest absolute Gasteiger partial charge is 0.316 e. The maximum atomic E-state index is 13.6. The summed E-state index contributed by atoms with van der Waals surface area (Å²) in [7, 11) is 0. The fourth-order valence-corrected chi connectivity index (χ4v) is 2.20. The number of hydrogen-bond acceptors (Lipinski definition) is 1. The molecule has 0 saturated carbocycles. The molecule has 1 aliphatic rings. The quantitative estimate of drug-likeness (QED) is 0.722. The molecule has 1 aromatic rings. The lowest BCUT2D eigenvalue weighted by Crippen LogP contribution is -2.09. The minimum absolute atomic E-state index is 0.0330. The topological polar surface area (TPSA) is 12.0 Å². The normalized spacial score (nSPS) is 21.5. The van der Waals surface area contributed by atoms with Crippen LogP contribution in [0.5, 0.6) is 0 Å². The fraction of sp³-hybridized carbons (Fsp3) is 0.500. The molecule has 0 bridgehead atoms. The summed E-state index contributed by atoms with van der Waals surface area (Å²) >= 11 is 0. The van der Waals surface area contributed by atoms with E-state index >= 15 is 0 Å². The highest BCUT2D eigenvalue weighted by Crippen LogP contribution is 2.27. The summed E-state index contributed by atoms with van der Waals surface area (Å²) in [6.07, 6.45) is 1.13. The fourth-order valence-electron chi connectivity index (χ4n) is 2.20. The predicted molar refractivity (Wildman–Crippen MR) is 56.1 cm³/mol. The molecule has 0 aliphatic carbocycles. The summed E-state index contributed by atoms with van der Waals surface area (Å²) in [5, 5.41) is 3.31. The highest BCUT2D eigenvalue weighted by atomic mass is 19.1. The van der Waals surface area contributed by atoms with E-state index in [2.05, 4.69) is 11.4 Å². The van der Waals surface area contributed by atoms with Gasteiger partial charge >= 0.3 is 0 Å². The van der Waals surface area contributed by atoms with Crippen LogP contribution in [0.4, 0.5) is 4.39 Å². The lowest BCUT2D eigenvalue weighted by Gasteiger charge is -2.13. The highest BCUT2D eigenvalue weighted by Gasteiger charge is 2.19. The van der Waals surface area contributed by atoms with Crippen LogP contribution >= 0.6 is 0 Å². The lowest BCUT2D eigenvalue weighted by atomic mass is 9.92. The Morgan fingerprint density at radius 2 is 2.14 bits per heavy atom. The van der Waals surface area contributed by atoms with E-state index in [9.17, 15) is 4.39 Å². The number of aryl methyl sites for hydroxylation is 1. The van der Waals surface area contributed by atoms with Crippen LogP contribution in [0, 0.1) is 19.7 Å². The Balaban J connectivity index is 2.38. The zero-order chi connectivity index (χ0) is 10.1. The van der Waals surface area contributed by atoms with Gasteiger partial charge in [-0.1, -0.05) is 12.1 Å². The monoisotopic (exact) mass is 193 g/mol. The first-order chi connectivity index (χ1) is 6.70. The maximum Gasteiger partial charge on any atom is 0.129 e. The second kappa shape index (κ2) is 3.70. The van der Waals surface area contributed by atoms with Gasteiger partial charge in [0.25, 0.3) is 0 Å². The van der Waals surface area contributed by atoms with E-state index in [4.69, 9.17) is 0 Å². The lowest BCUT2D eigenvalue weighted by molar-refractivity contribution is 0.601. The van der Waals surface area contributed by atoms with E-state index in [1.165, 1.54) is 5.56 Å². The van der Waals surface area contributed by atoms with Gasteiger partial charge in [-0.15, -0.1) is 0 Å². The van der Waals surface area contributed by atoms with Crippen molar-refractivity contribution < 1.29 is 4.39 Å². The van der Waals surface area contributed by atoms with Crippen LogP contribution in [0.25, 0.3) is 0 Å². The van der Waals surface area contributed by atoms with E-state index in [0.29, 0.717) is 5.92 Å². The second-order valence-corrected chi connectivity index (χ2v) is 4.10. The summed E-state index contributed by atoms with van der Waals surface area (Å²) in [6.45, 7) is 5.75. The molecule has 0 spiro atoms. The minimum Gasteiger partial charge on any atom is -0.316 e. The Labute approximate surface area is 84.3 Å². The van der Waals surface area contributed by atoms with Crippen molar-refractivity contribution in [1.82, 2.24) is 5.32 Å². The van der Waals surface area contributed by atoms with E-state index < -0.39 is 0 Å². The molecule has 1 heterocycles. The van der Waals surface area contributed by atoms with Crippen molar-refractivity contribution >= 4 is 0 Å². The predicted octanol–water partition coefficient (Wildman–Crippen LogP) is 2.52. The van der Waals surface area contributed by atoms with E-state index in [-0.39, 0.29) is 5.82 Å². The smallest absolute Gasteiger partial charge is 0.129 e. The molecule has 2 heteroatoms. The molecular weight excluding hydrogens is 177 g/mol. The van der Waals surface area contributed by atoms with Gasteiger partial charge < -0.3 is 5.32 Å². The molecule has 1 atom stereocenters. The Morgan fingerprint density at radius 1 is 1.36 bits per heavy atom. The van der Waals surface area contributed by atoms with Gasteiger partial charge in [0.15, 0.2) is 0 Å². The van der Waals surface area contributed by atoms with Crippen LogP contribution in [0.1, 0.15) is 29.0 Å². The van der Waals surface area contributed by atoms with Crippen LogP contribution < -0.4 is 5.32 Å². The molecule has 1 unspecified atom stereocenters. The van der Waals surface area contributed by atoms with Gasteiger partial charge in [0.2, 0.25) is 0 Å². The first-order valence-electron chi connectivity index (χ1n) is 5.16. The molecule has 1 saturated heterocycles. The standard InChI is InChI=1S/C12H16FN/c1-8-3-4-11(9(2)12(8)13)10-5-6-14-7-10/h3-4,10,14H,5-7H2,1-2H3. The number of halogens is 1. The molecule has 14 heavy (non-hydrogen) atoms. The summed E-state index contributed by atoms with van der Waals surface area (Å²) in [5.74, 6) is 0.472. The van der Waals surface area contributed by atoms with Gasteiger partial charge in [0, 0.05) is 6.54 Å². The number of rotatable bonds is 1. The third kappa shape index (κ3) is 1.55. The Kier molecular flexibility index (Phi) is 2.55. The second-order valence-electron chi connectivity index (χ2n) is 4.10. The Bertz CT molecular complexity index is 340. The molecule has 1 nitrogen and oxygen atoms in total. The molecular formula is C12H16FN. The van der Waals surface area contributed by atoms with Crippen molar-refractivity contribution in [2.45, 2.75) is 26.2 Å². The minimum atomic E-state index is -0.0330. The molecule has 76 valence electrons. The van der Waals surface area contributed by atoms with Crippen molar-refractivity contribution in [2.75, 3.05) is 13.1 Å². The van der Waals surface area contributed by atoms with Crippen LogP contribution in [-0.4, -0.2) is 13.1 Å². The SMILES string of the molecule is Cc1ccc(C2CCNC2)c(C)c1F. The molecule has 1 N–H and O–H groups in total. The van der Waals surface area contributed by atoms with Crippen molar-refractivity contribution in [3.8, 4) is 0 Å². The highest BCUT2D eigenvalue weighted by molar-refractivity contribution is 5.35. The van der Waals surface area contributed by atoms with Crippen molar-refractivity contribution in [3.05, 3.63) is 34.6 Å². The third-order valence-electron chi connectivity index (χ3n) is 3.12. The molecule has 1 aromatic carbocycles. The first-order valence-corrected chi connectivity index (χ1v) is 5.16. The van der Waals surface area contributed by atoms with Gasteiger partial charge in [0.1, 0.15) is 5.82 Å². The van der Waals surface area contributed by atoms with Crippen molar-refractivity contribution in [3.63, 3.8) is 0 Å². The van der Waals surface area contributed by atoms with E-state index in [1.54, 1.807) is 0 Å². The molecule has 1 fully saturated rings. The average Bonchev–Trinajstić information content (AvgIpc) is 2.67. The first kappa shape index (κ1) is 9.66. The van der Waals surface area contributed by atoms with Crippen LogP contribution in [0.2, 0.25) is 0 Å². The van der Waals surface area contributed by atoms with Gasteiger partial charge in [-0.05, 0) is 49.4 Å². The van der Waals surface area contributed by atoms with E-state index in [1.807, 2.05) is 19.9 Å². The molecule has 0 amide bonds.